The van der Waals surface area contributed by atoms with E-state index in [1.54, 1.807) is 0 Å². The summed E-state index contributed by atoms with van der Waals surface area (Å²) in [5.74, 6) is 0.408. The molecule has 4 heteroatoms. The lowest BCUT2D eigenvalue weighted by Gasteiger charge is -2.15. The van der Waals surface area contributed by atoms with Crippen molar-refractivity contribution in [2.24, 2.45) is 0 Å². The molecule has 0 aliphatic heterocycles. The number of rotatable bonds is 5. The molecule has 1 N–H and O–H groups in total. The molecule has 0 radical (unpaired) electrons. The lowest BCUT2D eigenvalue weighted by atomic mass is 9.95. The van der Waals surface area contributed by atoms with E-state index < -0.39 is 0 Å². The summed E-state index contributed by atoms with van der Waals surface area (Å²) >= 11 is 0. The first kappa shape index (κ1) is 17.0. The minimum absolute atomic E-state index is 0.00156. The van der Waals surface area contributed by atoms with Crippen LogP contribution in [0.15, 0.2) is 83.3 Å². The van der Waals surface area contributed by atoms with Gasteiger partial charge in [-0.15, -0.1) is 0 Å². The minimum Gasteiger partial charge on any atom is -0.436 e. The minimum atomic E-state index is -0.164. The summed E-state index contributed by atoms with van der Waals surface area (Å²) in [6, 6.07) is 25.1. The number of para-hydroxylation sites is 2. The molecule has 4 nitrogen and oxygen atoms in total. The highest BCUT2D eigenvalue weighted by Gasteiger charge is 2.18. The van der Waals surface area contributed by atoms with Gasteiger partial charge in [-0.05, 0) is 48.4 Å². The average Bonchev–Trinajstić information content (AvgIpc) is 3.14. The molecule has 0 saturated heterocycles. The van der Waals surface area contributed by atoms with Gasteiger partial charge < -0.3 is 9.73 Å². The van der Waals surface area contributed by atoms with E-state index in [1.165, 1.54) is 0 Å². The van der Waals surface area contributed by atoms with Crippen molar-refractivity contribution in [1.29, 1.82) is 0 Å². The summed E-state index contributed by atoms with van der Waals surface area (Å²) in [6.45, 7) is 2.02. The van der Waals surface area contributed by atoms with Crippen LogP contribution in [0.4, 0.5) is 5.69 Å². The monoisotopic (exact) mass is 356 g/mol. The largest absolute Gasteiger partial charge is 0.436 e. The van der Waals surface area contributed by atoms with Gasteiger partial charge in [0.15, 0.2) is 5.58 Å². The number of anilines is 1. The zero-order chi connectivity index (χ0) is 18.6. The van der Waals surface area contributed by atoms with Gasteiger partial charge >= 0.3 is 0 Å². The van der Waals surface area contributed by atoms with E-state index in [-0.39, 0.29) is 11.8 Å². The van der Waals surface area contributed by atoms with Crippen LogP contribution in [0.25, 0.3) is 22.6 Å². The molecule has 3 aromatic carbocycles. The Morgan fingerprint density at radius 3 is 2.37 bits per heavy atom. The SMILES string of the molecule is CC[C@H](C(=O)Nc1ccc(-c2nc3ccccc3o2)cc1)c1ccccc1. The predicted molar refractivity (Wildman–Crippen MR) is 108 cm³/mol. The average molecular weight is 356 g/mol. The highest BCUT2D eigenvalue weighted by molar-refractivity contribution is 5.96. The molecule has 4 rings (SSSR count). The Morgan fingerprint density at radius 2 is 1.67 bits per heavy atom. The van der Waals surface area contributed by atoms with Gasteiger partial charge in [0.25, 0.3) is 0 Å². The Morgan fingerprint density at radius 1 is 0.963 bits per heavy atom. The van der Waals surface area contributed by atoms with Gasteiger partial charge in [-0.2, -0.15) is 0 Å². The lowest BCUT2D eigenvalue weighted by molar-refractivity contribution is -0.117. The first-order valence-corrected chi connectivity index (χ1v) is 9.06. The van der Waals surface area contributed by atoms with Gasteiger partial charge in [0.2, 0.25) is 11.8 Å². The molecule has 0 aliphatic rings. The van der Waals surface area contributed by atoms with E-state index in [2.05, 4.69) is 10.3 Å². The first-order chi connectivity index (χ1) is 13.2. The van der Waals surface area contributed by atoms with E-state index in [0.29, 0.717) is 5.89 Å². The third-order valence-electron chi connectivity index (χ3n) is 4.62. The van der Waals surface area contributed by atoms with Gasteiger partial charge in [0, 0.05) is 11.3 Å². The molecule has 0 aliphatic carbocycles. The Balaban J connectivity index is 1.51. The fourth-order valence-corrected chi connectivity index (χ4v) is 3.18. The van der Waals surface area contributed by atoms with E-state index >= 15 is 0 Å². The predicted octanol–water partition coefficient (Wildman–Crippen LogP) is 5.63. The topological polar surface area (TPSA) is 55.1 Å². The Labute approximate surface area is 157 Å². The van der Waals surface area contributed by atoms with Crippen molar-refractivity contribution in [2.75, 3.05) is 5.32 Å². The molecule has 1 amide bonds. The maximum atomic E-state index is 12.7. The molecule has 4 aromatic rings. The van der Waals surface area contributed by atoms with Crippen molar-refractivity contribution in [1.82, 2.24) is 4.98 Å². The van der Waals surface area contributed by atoms with Crippen LogP contribution in [-0.4, -0.2) is 10.9 Å². The molecule has 0 fully saturated rings. The van der Waals surface area contributed by atoms with Gasteiger partial charge in [-0.25, -0.2) is 4.98 Å². The molecule has 0 bridgehead atoms. The fraction of sp³-hybridized carbons (Fsp3) is 0.130. The van der Waals surface area contributed by atoms with Gasteiger partial charge in [0.05, 0.1) is 5.92 Å². The zero-order valence-corrected chi connectivity index (χ0v) is 15.1. The van der Waals surface area contributed by atoms with E-state index in [9.17, 15) is 4.79 Å². The van der Waals surface area contributed by atoms with Crippen LogP contribution in [-0.2, 0) is 4.79 Å². The summed E-state index contributed by atoms with van der Waals surface area (Å²) in [6.07, 6.45) is 0.747. The normalized spacial score (nSPS) is 12.0. The van der Waals surface area contributed by atoms with Crippen molar-refractivity contribution < 1.29 is 9.21 Å². The highest BCUT2D eigenvalue weighted by atomic mass is 16.3. The van der Waals surface area contributed by atoms with Gasteiger partial charge in [0.1, 0.15) is 5.52 Å². The number of oxazole rings is 1. The molecule has 1 aromatic heterocycles. The van der Waals surface area contributed by atoms with Crippen LogP contribution in [0.3, 0.4) is 0 Å². The fourth-order valence-electron chi connectivity index (χ4n) is 3.18. The van der Waals surface area contributed by atoms with Crippen LogP contribution in [0, 0.1) is 0 Å². The number of aromatic nitrogens is 1. The first-order valence-electron chi connectivity index (χ1n) is 9.06. The lowest BCUT2D eigenvalue weighted by Crippen LogP contribution is -2.20. The van der Waals surface area contributed by atoms with Gasteiger partial charge in [-0.1, -0.05) is 49.4 Å². The quantitative estimate of drug-likeness (QED) is 0.504. The van der Waals surface area contributed by atoms with Crippen LogP contribution < -0.4 is 5.32 Å². The van der Waals surface area contributed by atoms with Crippen LogP contribution in [0.5, 0.6) is 0 Å². The summed E-state index contributed by atoms with van der Waals surface area (Å²) < 4.78 is 5.79. The molecule has 27 heavy (non-hydrogen) atoms. The highest BCUT2D eigenvalue weighted by Crippen LogP contribution is 2.26. The molecular formula is C23H20N2O2. The van der Waals surface area contributed by atoms with Crippen LogP contribution in [0.2, 0.25) is 0 Å². The summed E-state index contributed by atoms with van der Waals surface area (Å²) in [5, 5.41) is 3.01. The molecule has 1 heterocycles. The second-order valence-electron chi connectivity index (χ2n) is 6.42. The van der Waals surface area contributed by atoms with Crippen molar-refractivity contribution in [3.8, 4) is 11.5 Å². The number of nitrogens with zero attached hydrogens (tertiary/aromatic N) is 1. The summed E-state index contributed by atoms with van der Waals surface area (Å²) in [7, 11) is 0. The number of benzene rings is 3. The number of carbonyl (C=O) groups is 1. The maximum Gasteiger partial charge on any atom is 0.231 e. The standard InChI is InChI=1S/C23H20N2O2/c1-2-19(16-8-4-3-5-9-16)22(26)24-18-14-12-17(13-15-18)23-25-20-10-6-7-11-21(20)27-23/h3-15,19H,2H2,1H3,(H,24,26)/t19-/m0/s1. The molecule has 0 spiro atoms. The Hall–Kier alpha value is -3.40. The van der Waals surface area contributed by atoms with Crippen molar-refractivity contribution in [3.63, 3.8) is 0 Å². The number of hydrogen-bond acceptors (Lipinski definition) is 3. The van der Waals surface area contributed by atoms with E-state index in [1.807, 2.05) is 85.8 Å². The molecule has 134 valence electrons. The summed E-state index contributed by atoms with van der Waals surface area (Å²) in [4.78, 5) is 17.2. The van der Waals surface area contributed by atoms with E-state index in [4.69, 9.17) is 4.42 Å². The summed E-state index contributed by atoms with van der Waals surface area (Å²) in [5.41, 5.74) is 4.26. The van der Waals surface area contributed by atoms with Crippen molar-refractivity contribution in [3.05, 3.63) is 84.4 Å². The smallest absolute Gasteiger partial charge is 0.231 e. The Bertz CT molecular complexity index is 1020. The maximum absolute atomic E-state index is 12.7. The third-order valence-corrected chi connectivity index (χ3v) is 4.62. The molecule has 1 atom stereocenters. The molecule has 0 unspecified atom stereocenters. The Kier molecular flexibility index (Phi) is 4.71. The third kappa shape index (κ3) is 3.60. The van der Waals surface area contributed by atoms with Crippen molar-refractivity contribution >= 4 is 22.7 Å². The van der Waals surface area contributed by atoms with Gasteiger partial charge in [-0.3, -0.25) is 4.79 Å². The van der Waals surface area contributed by atoms with Crippen LogP contribution in [0.1, 0.15) is 24.8 Å². The second-order valence-corrected chi connectivity index (χ2v) is 6.42. The van der Waals surface area contributed by atoms with Crippen LogP contribution >= 0.6 is 0 Å². The second kappa shape index (κ2) is 7.46. The number of hydrogen-bond donors (Lipinski definition) is 1. The molecule has 0 saturated carbocycles. The number of fused-ring (bicyclic) bond motifs is 1. The number of nitrogens with one attached hydrogen (secondary N) is 1. The molecular weight excluding hydrogens is 336 g/mol. The number of carbonyl (C=O) groups excluding carboxylic acids is 1. The zero-order valence-electron chi connectivity index (χ0n) is 15.1. The van der Waals surface area contributed by atoms with Crippen molar-refractivity contribution in [2.45, 2.75) is 19.3 Å². The van der Waals surface area contributed by atoms with E-state index in [0.717, 1.165) is 34.3 Å². The number of amides is 1.